The minimum atomic E-state index is -0.453. The molecule has 1 aliphatic carbocycles. The van der Waals surface area contributed by atoms with E-state index in [1.165, 1.54) is 18.2 Å². The molecule has 0 spiro atoms. The van der Waals surface area contributed by atoms with Crippen LogP contribution in [-0.2, 0) is 11.3 Å². The van der Waals surface area contributed by atoms with Gasteiger partial charge in [-0.25, -0.2) is 9.78 Å². The van der Waals surface area contributed by atoms with Gasteiger partial charge >= 0.3 is 5.97 Å². The van der Waals surface area contributed by atoms with Gasteiger partial charge in [0.1, 0.15) is 5.82 Å². The van der Waals surface area contributed by atoms with Crippen LogP contribution >= 0.6 is 11.3 Å². The van der Waals surface area contributed by atoms with Gasteiger partial charge in [0, 0.05) is 10.9 Å². The Morgan fingerprint density at radius 1 is 1.50 bits per heavy atom. The molecule has 0 amide bonds. The first kappa shape index (κ1) is 13.1. The lowest BCUT2D eigenvalue weighted by atomic mass is 10.3. The number of anilines is 1. The Morgan fingerprint density at radius 3 is 3.00 bits per heavy atom. The van der Waals surface area contributed by atoms with Crippen LogP contribution in [-0.4, -0.2) is 29.1 Å². The summed E-state index contributed by atoms with van der Waals surface area (Å²) in [5, 5.41) is 2.07. The fourth-order valence-electron chi connectivity index (χ4n) is 2.05. The van der Waals surface area contributed by atoms with Gasteiger partial charge in [0.2, 0.25) is 0 Å². The Morgan fingerprint density at radius 2 is 2.35 bits per heavy atom. The zero-order chi connectivity index (χ0) is 13.9. The Balaban J connectivity index is 1.85. The van der Waals surface area contributed by atoms with Crippen molar-refractivity contribution in [2.45, 2.75) is 25.4 Å². The lowest BCUT2D eigenvalue weighted by molar-refractivity contribution is 0.0593. The van der Waals surface area contributed by atoms with Gasteiger partial charge in [-0.2, -0.15) is 0 Å². The number of methoxy groups -OCH3 is 1. The van der Waals surface area contributed by atoms with Gasteiger partial charge in [-0.05, 0) is 24.3 Å². The monoisotopic (exact) mass is 289 g/mol. The van der Waals surface area contributed by atoms with E-state index in [9.17, 15) is 4.79 Å². The average Bonchev–Trinajstić information content (AvgIpc) is 3.20. The SMILES string of the molecule is COC(=O)c1cncc(N(Cc2cccs2)C2CC2)n1. The standard InChI is InChI=1S/C14H15N3O2S/c1-19-14(18)12-7-15-8-13(16-12)17(10-4-5-10)9-11-3-2-6-20-11/h2-3,6-8,10H,4-5,9H2,1H3. The summed E-state index contributed by atoms with van der Waals surface area (Å²) in [6.45, 7) is 0.807. The van der Waals surface area contributed by atoms with E-state index in [0.717, 1.165) is 25.2 Å². The Labute approximate surface area is 121 Å². The zero-order valence-electron chi connectivity index (χ0n) is 11.2. The Kier molecular flexibility index (Phi) is 3.64. The van der Waals surface area contributed by atoms with E-state index < -0.39 is 5.97 Å². The number of hydrogen-bond acceptors (Lipinski definition) is 6. The van der Waals surface area contributed by atoms with Crippen LogP contribution in [0.25, 0.3) is 0 Å². The molecular weight excluding hydrogens is 274 g/mol. The molecule has 0 N–H and O–H groups in total. The molecule has 0 aromatic carbocycles. The molecule has 0 unspecified atom stereocenters. The second-order valence-corrected chi connectivity index (χ2v) is 5.72. The molecule has 0 aliphatic heterocycles. The van der Waals surface area contributed by atoms with Crippen LogP contribution in [0.5, 0.6) is 0 Å². The molecule has 104 valence electrons. The minimum Gasteiger partial charge on any atom is -0.464 e. The first-order valence-corrected chi connectivity index (χ1v) is 7.35. The predicted octanol–water partition coefficient (Wildman–Crippen LogP) is 2.49. The Bertz CT molecular complexity index is 596. The summed E-state index contributed by atoms with van der Waals surface area (Å²) in [7, 11) is 1.35. The number of aromatic nitrogens is 2. The van der Waals surface area contributed by atoms with Gasteiger partial charge in [-0.15, -0.1) is 11.3 Å². The molecule has 3 rings (SSSR count). The molecule has 1 aliphatic rings. The summed E-state index contributed by atoms with van der Waals surface area (Å²) >= 11 is 1.72. The second kappa shape index (κ2) is 5.58. The molecule has 2 aromatic heterocycles. The van der Waals surface area contributed by atoms with E-state index in [1.807, 2.05) is 6.07 Å². The maximum atomic E-state index is 11.5. The van der Waals surface area contributed by atoms with Gasteiger partial charge in [0.25, 0.3) is 0 Å². The van der Waals surface area contributed by atoms with Crippen LogP contribution in [0.15, 0.2) is 29.9 Å². The quantitative estimate of drug-likeness (QED) is 0.792. The molecule has 5 nitrogen and oxygen atoms in total. The van der Waals surface area contributed by atoms with Crippen LogP contribution in [0.3, 0.4) is 0 Å². The molecule has 0 radical (unpaired) electrons. The van der Waals surface area contributed by atoms with Crippen molar-refractivity contribution in [2.24, 2.45) is 0 Å². The molecule has 1 fully saturated rings. The number of nitrogens with zero attached hydrogens (tertiary/aromatic N) is 3. The van der Waals surface area contributed by atoms with Crippen molar-refractivity contribution >= 4 is 23.1 Å². The number of hydrogen-bond donors (Lipinski definition) is 0. The number of ether oxygens (including phenoxy) is 1. The van der Waals surface area contributed by atoms with E-state index >= 15 is 0 Å². The summed E-state index contributed by atoms with van der Waals surface area (Å²) in [6.07, 6.45) is 5.47. The highest BCUT2D eigenvalue weighted by Crippen LogP contribution is 2.32. The Hall–Kier alpha value is -1.95. The van der Waals surface area contributed by atoms with Gasteiger partial charge in [-0.1, -0.05) is 6.07 Å². The molecule has 0 saturated heterocycles. The molecular formula is C14H15N3O2S. The fraction of sp³-hybridized carbons (Fsp3) is 0.357. The highest BCUT2D eigenvalue weighted by molar-refractivity contribution is 7.09. The lowest BCUT2D eigenvalue weighted by Crippen LogP contribution is -2.26. The molecule has 6 heteroatoms. The van der Waals surface area contributed by atoms with E-state index in [2.05, 4.69) is 26.3 Å². The zero-order valence-corrected chi connectivity index (χ0v) is 12.0. The predicted molar refractivity (Wildman–Crippen MR) is 76.9 cm³/mol. The van der Waals surface area contributed by atoms with Crippen molar-refractivity contribution < 1.29 is 9.53 Å². The van der Waals surface area contributed by atoms with Gasteiger partial charge in [0.15, 0.2) is 5.69 Å². The third-order valence-corrected chi connectivity index (χ3v) is 4.07. The number of carbonyl (C=O) groups is 1. The second-order valence-electron chi connectivity index (χ2n) is 4.69. The van der Waals surface area contributed by atoms with Crippen LogP contribution in [0.2, 0.25) is 0 Å². The topological polar surface area (TPSA) is 55.3 Å². The maximum Gasteiger partial charge on any atom is 0.358 e. The normalized spacial score (nSPS) is 14.1. The third kappa shape index (κ3) is 2.80. The fourth-order valence-corrected chi connectivity index (χ4v) is 2.75. The third-order valence-electron chi connectivity index (χ3n) is 3.20. The summed E-state index contributed by atoms with van der Waals surface area (Å²) in [4.78, 5) is 23.5. The van der Waals surface area contributed by atoms with Crippen molar-refractivity contribution in [2.75, 3.05) is 12.0 Å². The summed E-state index contributed by atoms with van der Waals surface area (Å²) in [5.74, 6) is 0.287. The molecule has 2 aromatic rings. The number of rotatable bonds is 5. The summed E-state index contributed by atoms with van der Waals surface area (Å²) < 4.78 is 4.70. The summed E-state index contributed by atoms with van der Waals surface area (Å²) in [5.41, 5.74) is 0.252. The molecule has 2 heterocycles. The van der Waals surface area contributed by atoms with Crippen molar-refractivity contribution in [1.82, 2.24) is 9.97 Å². The molecule has 0 bridgehead atoms. The van der Waals surface area contributed by atoms with E-state index in [1.54, 1.807) is 17.5 Å². The first-order chi connectivity index (χ1) is 9.78. The van der Waals surface area contributed by atoms with Crippen LogP contribution in [0, 0.1) is 0 Å². The number of carbonyl (C=O) groups excluding carboxylic acids is 1. The maximum absolute atomic E-state index is 11.5. The molecule has 20 heavy (non-hydrogen) atoms. The first-order valence-electron chi connectivity index (χ1n) is 6.47. The molecule has 1 saturated carbocycles. The summed E-state index contributed by atoms with van der Waals surface area (Å²) in [6, 6.07) is 4.65. The minimum absolute atomic E-state index is 0.252. The number of thiophene rings is 1. The van der Waals surface area contributed by atoms with Crippen LogP contribution in [0.1, 0.15) is 28.2 Å². The van der Waals surface area contributed by atoms with Gasteiger partial charge in [-0.3, -0.25) is 4.98 Å². The van der Waals surface area contributed by atoms with Crippen LogP contribution in [0.4, 0.5) is 5.82 Å². The van der Waals surface area contributed by atoms with Crippen LogP contribution < -0.4 is 4.90 Å². The highest BCUT2D eigenvalue weighted by Gasteiger charge is 2.30. The lowest BCUT2D eigenvalue weighted by Gasteiger charge is -2.22. The van der Waals surface area contributed by atoms with Crippen molar-refractivity contribution in [3.8, 4) is 0 Å². The average molecular weight is 289 g/mol. The van der Waals surface area contributed by atoms with Crippen molar-refractivity contribution in [1.29, 1.82) is 0 Å². The number of esters is 1. The highest BCUT2D eigenvalue weighted by atomic mass is 32.1. The van der Waals surface area contributed by atoms with Crippen molar-refractivity contribution in [3.63, 3.8) is 0 Å². The van der Waals surface area contributed by atoms with Crippen molar-refractivity contribution in [3.05, 3.63) is 40.5 Å². The van der Waals surface area contributed by atoms with Gasteiger partial charge in [0.05, 0.1) is 26.0 Å². The van der Waals surface area contributed by atoms with E-state index in [-0.39, 0.29) is 5.69 Å². The van der Waals surface area contributed by atoms with Gasteiger partial charge < -0.3 is 9.64 Å². The smallest absolute Gasteiger partial charge is 0.358 e. The molecule has 0 atom stereocenters. The largest absolute Gasteiger partial charge is 0.464 e. The van der Waals surface area contributed by atoms with E-state index in [4.69, 9.17) is 4.74 Å². The van der Waals surface area contributed by atoms with E-state index in [0.29, 0.717) is 6.04 Å².